The molecule has 8 heteroatoms. The number of nitrogens with one attached hydrogen (secondary N) is 1. The number of aryl methyl sites for hydroxylation is 2. The number of thioether (sulfide) groups is 1. The average Bonchev–Trinajstić information content (AvgIpc) is 2.80. The first-order chi connectivity index (χ1) is 15.8. The molecular formula is C25H27ClN2O3S2. The van der Waals surface area contributed by atoms with E-state index in [4.69, 9.17) is 11.6 Å². The molecule has 0 fully saturated rings. The molecule has 0 aliphatic carbocycles. The molecule has 0 aromatic heterocycles. The van der Waals surface area contributed by atoms with Gasteiger partial charge in [-0.3, -0.25) is 9.10 Å². The molecule has 5 nitrogen and oxygen atoms in total. The van der Waals surface area contributed by atoms with E-state index in [1.807, 2.05) is 25.1 Å². The first kappa shape index (κ1) is 25.1. The lowest BCUT2D eigenvalue weighted by molar-refractivity contribution is -0.119. The monoisotopic (exact) mass is 502 g/mol. The van der Waals surface area contributed by atoms with Crippen molar-refractivity contribution in [1.82, 2.24) is 5.32 Å². The van der Waals surface area contributed by atoms with Crippen LogP contribution in [0.5, 0.6) is 0 Å². The smallest absolute Gasteiger partial charge is 0.264 e. The Morgan fingerprint density at radius 2 is 1.70 bits per heavy atom. The van der Waals surface area contributed by atoms with Gasteiger partial charge < -0.3 is 5.32 Å². The Labute approximate surface area is 205 Å². The summed E-state index contributed by atoms with van der Waals surface area (Å²) < 4.78 is 28.1. The molecule has 0 atom stereocenters. The molecule has 0 radical (unpaired) electrons. The maximum atomic E-state index is 13.5. The summed E-state index contributed by atoms with van der Waals surface area (Å²) in [5.74, 6) is 1.21. The second-order valence-corrected chi connectivity index (χ2v) is 11.0. The summed E-state index contributed by atoms with van der Waals surface area (Å²) >= 11 is 7.87. The normalized spacial score (nSPS) is 11.2. The van der Waals surface area contributed by atoms with Crippen LogP contribution >= 0.6 is 23.4 Å². The Morgan fingerprint density at radius 1 is 1.00 bits per heavy atom. The van der Waals surface area contributed by atoms with Crippen molar-refractivity contribution in [2.45, 2.75) is 24.5 Å². The second-order valence-electron chi connectivity index (χ2n) is 7.64. The average molecular weight is 503 g/mol. The van der Waals surface area contributed by atoms with Crippen molar-refractivity contribution in [3.05, 3.63) is 94.5 Å². The molecule has 33 heavy (non-hydrogen) atoms. The topological polar surface area (TPSA) is 66.5 Å². The lowest BCUT2D eigenvalue weighted by Gasteiger charge is -2.26. The van der Waals surface area contributed by atoms with E-state index in [1.165, 1.54) is 5.56 Å². The van der Waals surface area contributed by atoms with Gasteiger partial charge in [0.25, 0.3) is 10.0 Å². The number of hydrogen-bond acceptors (Lipinski definition) is 4. The van der Waals surface area contributed by atoms with Crippen LogP contribution in [0, 0.1) is 13.8 Å². The summed E-state index contributed by atoms with van der Waals surface area (Å²) in [4.78, 5) is 12.9. The van der Waals surface area contributed by atoms with Gasteiger partial charge in [-0.25, -0.2) is 8.42 Å². The highest BCUT2D eigenvalue weighted by Crippen LogP contribution is 2.29. The minimum atomic E-state index is -3.97. The molecule has 1 N–H and O–H groups in total. The highest BCUT2D eigenvalue weighted by Gasteiger charge is 2.28. The van der Waals surface area contributed by atoms with Crippen molar-refractivity contribution in [3.63, 3.8) is 0 Å². The fraction of sp³-hybridized carbons (Fsp3) is 0.240. The van der Waals surface area contributed by atoms with E-state index in [1.54, 1.807) is 61.2 Å². The number of amides is 1. The largest absolute Gasteiger partial charge is 0.354 e. The van der Waals surface area contributed by atoms with Crippen molar-refractivity contribution in [2.24, 2.45) is 0 Å². The highest BCUT2D eigenvalue weighted by molar-refractivity contribution is 7.98. The van der Waals surface area contributed by atoms with Crippen LogP contribution in [0.15, 0.2) is 77.7 Å². The third-order valence-corrected chi connectivity index (χ3v) is 8.06. The maximum Gasteiger partial charge on any atom is 0.264 e. The molecule has 0 saturated carbocycles. The molecule has 0 heterocycles. The summed E-state index contributed by atoms with van der Waals surface area (Å²) in [6, 6.07) is 21.7. The first-order valence-electron chi connectivity index (χ1n) is 10.5. The van der Waals surface area contributed by atoms with Gasteiger partial charge in [-0.15, -0.1) is 0 Å². The standard InChI is InChI=1S/C25H27ClN2O3S2/c1-19-8-12-23(13-9-19)33(30,31)28(24-16-22(26)11-10-20(24)2)17-25(29)27-14-15-32-18-21-6-4-3-5-7-21/h3-13,16H,14-15,17-18H2,1-2H3,(H,27,29). The number of benzene rings is 3. The number of anilines is 1. The van der Waals surface area contributed by atoms with Crippen LogP contribution in [0.4, 0.5) is 5.69 Å². The zero-order valence-corrected chi connectivity index (χ0v) is 21.0. The van der Waals surface area contributed by atoms with Crippen LogP contribution in [-0.4, -0.2) is 33.2 Å². The van der Waals surface area contributed by atoms with Gasteiger partial charge in [-0.2, -0.15) is 11.8 Å². The molecule has 174 valence electrons. The molecule has 0 bridgehead atoms. The molecule has 0 aliphatic heterocycles. The van der Waals surface area contributed by atoms with Crippen LogP contribution in [0.3, 0.4) is 0 Å². The fourth-order valence-corrected chi connectivity index (χ4v) is 5.66. The van der Waals surface area contributed by atoms with Crippen molar-refractivity contribution >= 4 is 45.0 Å². The number of nitrogens with zero attached hydrogens (tertiary/aromatic N) is 1. The van der Waals surface area contributed by atoms with Crippen LogP contribution in [0.2, 0.25) is 5.02 Å². The van der Waals surface area contributed by atoms with E-state index in [-0.39, 0.29) is 17.3 Å². The van der Waals surface area contributed by atoms with Gasteiger partial charge in [0.05, 0.1) is 10.6 Å². The quantitative estimate of drug-likeness (QED) is 0.387. The van der Waals surface area contributed by atoms with E-state index in [2.05, 4.69) is 17.4 Å². The minimum Gasteiger partial charge on any atom is -0.354 e. The molecule has 3 rings (SSSR count). The van der Waals surface area contributed by atoms with Crippen molar-refractivity contribution in [3.8, 4) is 0 Å². The molecule has 0 unspecified atom stereocenters. The number of rotatable bonds is 10. The number of halogens is 1. The Bertz CT molecular complexity index is 1180. The van der Waals surface area contributed by atoms with E-state index >= 15 is 0 Å². The van der Waals surface area contributed by atoms with E-state index in [0.29, 0.717) is 22.8 Å². The fourth-order valence-electron chi connectivity index (χ4n) is 3.20. The van der Waals surface area contributed by atoms with Crippen molar-refractivity contribution in [2.75, 3.05) is 23.1 Å². The van der Waals surface area contributed by atoms with Crippen molar-refractivity contribution in [1.29, 1.82) is 0 Å². The predicted molar refractivity (Wildman–Crippen MR) is 138 cm³/mol. The third-order valence-electron chi connectivity index (χ3n) is 5.02. The van der Waals surface area contributed by atoms with Gasteiger partial charge >= 0.3 is 0 Å². The van der Waals surface area contributed by atoms with Crippen LogP contribution in [0.1, 0.15) is 16.7 Å². The van der Waals surface area contributed by atoms with E-state index < -0.39 is 10.0 Å². The summed E-state index contributed by atoms with van der Waals surface area (Å²) in [5, 5.41) is 3.24. The zero-order valence-electron chi connectivity index (χ0n) is 18.6. The number of carbonyl (C=O) groups is 1. The maximum absolute atomic E-state index is 13.5. The number of hydrogen-bond donors (Lipinski definition) is 1. The Kier molecular flexibility index (Phi) is 8.83. The Hall–Kier alpha value is -2.48. The minimum absolute atomic E-state index is 0.124. The van der Waals surface area contributed by atoms with Crippen LogP contribution in [-0.2, 0) is 20.6 Å². The summed E-state index contributed by atoms with van der Waals surface area (Å²) in [6.45, 7) is 3.80. The van der Waals surface area contributed by atoms with E-state index in [0.717, 1.165) is 21.4 Å². The SMILES string of the molecule is Cc1ccc(S(=O)(=O)N(CC(=O)NCCSCc2ccccc2)c2cc(Cl)ccc2C)cc1. The van der Waals surface area contributed by atoms with E-state index in [9.17, 15) is 13.2 Å². The Morgan fingerprint density at radius 3 is 2.39 bits per heavy atom. The molecule has 1 amide bonds. The Balaban J connectivity index is 1.71. The third kappa shape index (κ3) is 7.00. The number of carbonyl (C=O) groups excluding carboxylic acids is 1. The molecule has 0 aliphatic rings. The molecule has 0 saturated heterocycles. The first-order valence-corrected chi connectivity index (χ1v) is 13.5. The van der Waals surface area contributed by atoms with Crippen LogP contribution < -0.4 is 9.62 Å². The van der Waals surface area contributed by atoms with Gasteiger partial charge in [0, 0.05) is 23.1 Å². The zero-order chi connectivity index (χ0) is 23.8. The second kappa shape index (κ2) is 11.6. The summed E-state index contributed by atoms with van der Waals surface area (Å²) in [5.41, 5.74) is 3.27. The van der Waals surface area contributed by atoms with Gasteiger partial charge in [0.15, 0.2) is 0 Å². The summed E-state index contributed by atoms with van der Waals surface area (Å²) in [6.07, 6.45) is 0. The van der Waals surface area contributed by atoms with Crippen molar-refractivity contribution < 1.29 is 13.2 Å². The lowest BCUT2D eigenvalue weighted by Crippen LogP contribution is -2.41. The van der Waals surface area contributed by atoms with Gasteiger partial charge in [-0.1, -0.05) is 65.7 Å². The van der Waals surface area contributed by atoms with Gasteiger partial charge in [-0.05, 0) is 49.2 Å². The molecule has 3 aromatic carbocycles. The van der Waals surface area contributed by atoms with Gasteiger partial charge in [0.1, 0.15) is 6.54 Å². The molecule has 0 spiro atoms. The van der Waals surface area contributed by atoms with Crippen LogP contribution in [0.25, 0.3) is 0 Å². The lowest BCUT2D eigenvalue weighted by atomic mass is 10.2. The summed E-state index contributed by atoms with van der Waals surface area (Å²) in [7, 11) is -3.97. The molecular weight excluding hydrogens is 476 g/mol. The molecule has 3 aromatic rings. The predicted octanol–water partition coefficient (Wildman–Crippen LogP) is 5.20. The highest BCUT2D eigenvalue weighted by atomic mass is 35.5. The van der Waals surface area contributed by atoms with Gasteiger partial charge in [0.2, 0.25) is 5.91 Å². The number of sulfonamides is 1.